The van der Waals surface area contributed by atoms with Crippen LogP contribution in [0, 0.1) is 5.92 Å². The van der Waals surface area contributed by atoms with Gasteiger partial charge < -0.3 is 14.8 Å². The molecule has 1 saturated heterocycles. The van der Waals surface area contributed by atoms with E-state index in [0.717, 1.165) is 52.5 Å². The highest BCUT2D eigenvalue weighted by Crippen LogP contribution is 2.46. The molecule has 1 N–H and O–H groups in total. The van der Waals surface area contributed by atoms with Gasteiger partial charge >= 0.3 is 0 Å². The van der Waals surface area contributed by atoms with Crippen LogP contribution in [0.1, 0.15) is 21.5 Å². The quantitative estimate of drug-likeness (QED) is 0.438. The second kappa shape index (κ2) is 10.7. The number of carbonyl (C=O) groups excluding carboxylic acids is 1. The molecular formula is C28H28BrN3O3S. The Morgan fingerprint density at radius 2 is 1.94 bits per heavy atom. The smallest absolute Gasteiger partial charge is 0.257 e. The van der Waals surface area contributed by atoms with Crippen molar-refractivity contribution in [1.29, 1.82) is 0 Å². The van der Waals surface area contributed by atoms with Crippen LogP contribution in [0.3, 0.4) is 0 Å². The summed E-state index contributed by atoms with van der Waals surface area (Å²) in [6, 6.07) is 23.6. The van der Waals surface area contributed by atoms with Crippen molar-refractivity contribution in [3.63, 3.8) is 0 Å². The van der Waals surface area contributed by atoms with Gasteiger partial charge in [0.25, 0.3) is 5.91 Å². The molecule has 36 heavy (non-hydrogen) atoms. The van der Waals surface area contributed by atoms with E-state index in [-0.39, 0.29) is 5.91 Å². The van der Waals surface area contributed by atoms with Crippen LogP contribution >= 0.6 is 27.7 Å². The summed E-state index contributed by atoms with van der Waals surface area (Å²) in [7, 11) is 3.35. The lowest BCUT2D eigenvalue weighted by Crippen LogP contribution is -2.42. The van der Waals surface area contributed by atoms with Gasteiger partial charge in [-0.15, -0.1) is 0 Å². The molecule has 8 heteroatoms. The molecule has 0 bridgehead atoms. The van der Waals surface area contributed by atoms with Crippen LogP contribution in [0.2, 0.25) is 0 Å². The van der Waals surface area contributed by atoms with Crippen LogP contribution in [0.5, 0.6) is 11.5 Å². The minimum absolute atomic E-state index is 0.137. The van der Waals surface area contributed by atoms with Crippen molar-refractivity contribution in [2.45, 2.75) is 12.1 Å². The van der Waals surface area contributed by atoms with Crippen molar-refractivity contribution in [2.75, 3.05) is 33.1 Å². The molecule has 0 aromatic heterocycles. The van der Waals surface area contributed by atoms with Crippen molar-refractivity contribution < 1.29 is 14.3 Å². The number of hydrogen-bond donors (Lipinski definition) is 1. The van der Waals surface area contributed by atoms with Gasteiger partial charge in [0, 0.05) is 53.0 Å². The number of hydrogen-bond acceptors (Lipinski definition) is 6. The Morgan fingerprint density at radius 1 is 1.11 bits per heavy atom. The summed E-state index contributed by atoms with van der Waals surface area (Å²) in [5, 5.41) is 3.73. The summed E-state index contributed by atoms with van der Waals surface area (Å²) >= 11 is 5.26. The maximum Gasteiger partial charge on any atom is 0.257 e. The number of nitrogens with zero attached hydrogens (tertiary/aromatic N) is 2. The molecule has 5 rings (SSSR count). The lowest BCUT2D eigenvalue weighted by molar-refractivity contribution is 0.0977. The van der Waals surface area contributed by atoms with Crippen molar-refractivity contribution in [2.24, 2.45) is 10.9 Å². The summed E-state index contributed by atoms with van der Waals surface area (Å²) in [5.41, 5.74) is 2.43. The molecule has 1 fully saturated rings. The highest BCUT2D eigenvalue weighted by atomic mass is 79.9. The van der Waals surface area contributed by atoms with Gasteiger partial charge in [0.1, 0.15) is 17.0 Å². The molecule has 186 valence electrons. The number of rotatable bonds is 6. The van der Waals surface area contributed by atoms with E-state index in [1.807, 2.05) is 48.5 Å². The Labute approximate surface area is 224 Å². The van der Waals surface area contributed by atoms with Crippen molar-refractivity contribution >= 4 is 38.8 Å². The van der Waals surface area contributed by atoms with E-state index >= 15 is 0 Å². The van der Waals surface area contributed by atoms with E-state index in [4.69, 9.17) is 14.5 Å². The Balaban J connectivity index is 1.45. The van der Waals surface area contributed by atoms with Gasteiger partial charge in [-0.3, -0.25) is 9.69 Å². The molecule has 1 amide bonds. The number of fused-ring (bicyclic) bond motifs is 1. The maximum atomic E-state index is 12.9. The van der Waals surface area contributed by atoms with Crippen molar-refractivity contribution in [3.8, 4) is 11.5 Å². The van der Waals surface area contributed by atoms with Crippen LogP contribution in [0.15, 0.2) is 82.3 Å². The largest absolute Gasteiger partial charge is 0.497 e. The van der Waals surface area contributed by atoms with Gasteiger partial charge in [-0.25, -0.2) is 4.99 Å². The second-order valence-corrected chi connectivity index (χ2v) is 11.0. The second-order valence-electron chi connectivity index (χ2n) is 9.03. The summed E-state index contributed by atoms with van der Waals surface area (Å²) in [5.74, 6) is 2.63. The SMILES string of the molecule is COc1ccc(CN2CC3CSC(NC(=O)c4ccccc4)=NC3(c3cccc(Br)c3)C2)c(OC)c1. The molecule has 0 aliphatic carbocycles. The fourth-order valence-corrected chi connectivity index (χ4v) is 6.56. The first-order valence-corrected chi connectivity index (χ1v) is 13.6. The predicted octanol–water partition coefficient (Wildman–Crippen LogP) is 5.33. The molecule has 3 aromatic carbocycles. The van der Waals surface area contributed by atoms with Gasteiger partial charge in [-0.05, 0) is 35.9 Å². The predicted molar refractivity (Wildman–Crippen MR) is 148 cm³/mol. The third kappa shape index (κ3) is 5.03. The Bertz CT molecular complexity index is 1290. The zero-order valence-corrected chi connectivity index (χ0v) is 22.6. The molecule has 0 saturated carbocycles. The topological polar surface area (TPSA) is 63.2 Å². The summed E-state index contributed by atoms with van der Waals surface area (Å²) in [6.07, 6.45) is 0. The van der Waals surface area contributed by atoms with Gasteiger partial charge in [0.05, 0.1) is 14.2 Å². The molecule has 2 heterocycles. The fourth-order valence-electron chi connectivity index (χ4n) is 5.02. The zero-order chi connectivity index (χ0) is 25.1. The van der Waals surface area contributed by atoms with Gasteiger partial charge in [-0.1, -0.05) is 64.1 Å². The van der Waals surface area contributed by atoms with E-state index < -0.39 is 5.54 Å². The number of carbonyl (C=O) groups is 1. The van der Waals surface area contributed by atoms with Gasteiger partial charge in [0.15, 0.2) is 5.17 Å². The summed E-state index contributed by atoms with van der Waals surface area (Å²) in [6.45, 7) is 2.39. The number of nitrogens with one attached hydrogen (secondary N) is 1. The van der Waals surface area contributed by atoms with E-state index in [1.165, 1.54) is 0 Å². The lowest BCUT2D eigenvalue weighted by atomic mass is 9.82. The van der Waals surface area contributed by atoms with E-state index in [1.54, 1.807) is 26.0 Å². The molecule has 0 radical (unpaired) electrons. The Morgan fingerprint density at radius 3 is 2.69 bits per heavy atom. The van der Waals surface area contributed by atoms with E-state index in [0.29, 0.717) is 16.6 Å². The van der Waals surface area contributed by atoms with Gasteiger partial charge in [-0.2, -0.15) is 0 Å². The molecule has 6 nitrogen and oxygen atoms in total. The van der Waals surface area contributed by atoms with Crippen molar-refractivity contribution in [3.05, 3.63) is 94.0 Å². The van der Waals surface area contributed by atoms with Crippen LogP contribution in [0.4, 0.5) is 0 Å². The van der Waals surface area contributed by atoms with Crippen LogP contribution in [-0.4, -0.2) is 49.0 Å². The van der Waals surface area contributed by atoms with E-state index in [9.17, 15) is 4.79 Å². The average Bonchev–Trinajstić information content (AvgIpc) is 3.28. The molecule has 3 aromatic rings. The van der Waals surface area contributed by atoms with Crippen molar-refractivity contribution in [1.82, 2.24) is 10.2 Å². The van der Waals surface area contributed by atoms with Crippen LogP contribution in [-0.2, 0) is 12.1 Å². The first-order chi connectivity index (χ1) is 17.5. The number of amides is 1. The number of aliphatic imine (C=N–C) groups is 1. The highest BCUT2D eigenvalue weighted by molar-refractivity contribution is 9.10. The van der Waals surface area contributed by atoms with Crippen LogP contribution in [0.25, 0.3) is 0 Å². The third-order valence-corrected chi connectivity index (χ3v) is 8.34. The van der Waals surface area contributed by atoms with E-state index in [2.05, 4.69) is 50.4 Å². The first kappa shape index (κ1) is 24.9. The molecule has 2 aliphatic heterocycles. The maximum absolute atomic E-state index is 12.9. The molecule has 2 atom stereocenters. The number of halogens is 1. The summed E-state index contributed by atoms with van der Waals surface area (Å²) < 4.78 is 12.0. The lowest BCUT2D eigenvalue weighted by Gasteiger charge is -2.36. The highest BCUT2D eigenvalue weighted by Gasteiger charge is 2.50. The molecule has 2 aliphatic rings. The number of amidine groups is 1. The number of ether oxygens (including phenoxy) is 2. The normalized spacial score (nSPS) is 21.4. The molecule has 2 unspecified atom stereocenters. The number of benzene rings is 3. The Kier molecular flexibility index (Phi) is 7.37. The summed E-state index contributed by atoms with van der Waals surface area (Å²) in [4.78, 5) is 20.6. The molecular weight excluding hydrogens is 538 g/mol. The number of methoxy groups -OCH3 is 2. The zero-order valence-electron chi connectivity index (χ0n) is 20.2. The van der Waals surface area contributed by atoms with Crippen LogP contribution < -0.4 is 14.8 Å². The third-order valence-electron chi connectivity index (χ3n) is 6.81. The minimum Gasteiger partial charge on any atom is -0.497 e. The monoisotopic (exact) mass is 565 g/mol. The minimum atomic E-state index is -0.450. The number of likely N-dealkylation sites (tertiary alicyclic amines) is 1. The molecule has 0 spiro atoms. The standard InChI is InChI=1S/C28H28BrN3O3S/c1-34-24-12-11-20(25(14-24)35-2)15-32-16-22-17-36-27(30-26(33)19-7-4-3-5-8-19)31-28(22,18-32)21-9-6-10-23(29)13-21/h3-14,22H,15-18H2,1-2H3,(H,30,31,33). The van der Waals surface area contributed by atoms with Gasteiger partial charge in [0.2, 0.25) is 0 Å². The fraction of sp³-hybridized carbons (Fsp3) is 0.286. The number of thioether (sulfide) groups is 1. The average molecular weight is 567 g/mol. The first-order valence-electron chi connectivity index (χ1n) is 11.8. The Hall–Kier alpha value is -2.81.